The van der Waals surface area contributed by atoms with Crippen LogP contribution in [0.5, 0.6) is 5.75 Å². The Morgan fingerprint density at radius 1 is 1.07 bits per heavy atom. The van der Waals surface area contributed by atoms with Gasteiger partial charge in [0.2, 0.25) is 0 Å². The standard InChI is InChI=1S/C23H22N6O/c1-2-16(13-30-18-9-7-17(8-10-18)28-12-11-25-14-28)29-15-26-21-22(29)19-5-3-4-6-20(19)27-23(21)24/h3-12,14-16H,2,13H2,1H3,(H2,24,27). The van der Waals surface area contributed by atoms with Gasteiger partial charge in [0.1, 0.15) is 17.9 Å². The van der Waals surface area contributed by atoms with E-state index < -0.39 is 0 Å². The Morgan fingerprint density at radius 2 is 1.90 bits per heavy atom. The molecule has 2 aromatic carbocycles. The number of fused-ring (bicyclic) bond motifs is 3. The van der Waals surface area contributed by atoms with Crippen molar-refractivity contribution in [3.8, 4) is 11.4 Å². The van der Waals surface area contributed by atoms with E-state index in [1.54, 1.807) is 12.5 Å². The molecule has 150 valence electrons. The Bertz CT molecular complexity index is 1290. The van der Waals surface area contributed by atoms with Crippen LogP contribution >= 0.6 is 0 Å². The minimum atomic E-state index is 0.119. The third kappa shape index (κ3) is 3.14. The molecule has 7 nitrogen and oxygen atoms in total. The van der Waals surface area contributed by atoms with Gasteiger partial charge in [0, 0.05) is 23.5 Å². The van der Waals surface area contributed by atoms with Crippen molar-refractivity contribution in [2.75, 3.05) is 12.3 Å². The smallest absolute Gasteiger partial charge is 0.152 e. The molecule has 0 amide bonds. The number of rotatable bonds is 6. The number of nitrogens with zero attached hydrogens (tertiary/aromatic N) is 5. The van der Waals surface area contributed by atoms with Gasteiger partial charge in [0.25, 0.3) is 0 Å². The maximum atomic E-state index is 6.17. The summed E-state index contributed by atoms with van der Waals surface area (Å²) >= 11 is 0. The van der Waals surface area contributed by atoms with E-state index in [-0.39, 0.29) is 6.04 Å². The van der Waals surface area contributed by atoms with Crippen molar-refractivity contribution in [1.29, 1.82) is 0 Å². The second-order valence-electron chi connectivity index (χ2n) is 7.20. The number of nitrogen functional groups attached to an aromatic ring is 1. The zero-order chi connectivity index (χ0) is 20.5. The van der Waals surface area contributed by atoms with Crippen LogP contribution in [-0.4, -0.2) is 30.7 Å². The molecule has 2 N–H and O–H groups in total. The van der Waals surface area contributed by atoms with Crippen LogP contribution in [0.2, 0.25) is 0 Å². The normalized spacial score (nSPS) is 12.4. The second kappa shape index (κ2) is 7.51. The molecule has 0 aliphatic heterocycles. The number of imidazole rings is 2. The summed E-state index contributed by atoms with van der Waals surface area (Å²) in [5.74, 6) is 1.28. The first-order valence-electron chi connectivity index (χ1n) is 9.96. The summed E-state index contributed by atoms with van der Waals surface area (Å²) in [4.78, 5) is 13.1. The highest BCUT2D eigenvalue weighted by atomic mass is 16.5. The lowest BCUT2D eigenvalue weighted by Gasteiger charge is -2.19. The zero-order valence-corrected chi connectivity index (χ0v) is 16.6. The van der Waals surface area contributed by atoms with Crippen molar-refractivity contribution in [3.63, 3.8) is 0 Å². The third-order valence-corrected chi connectivity index (χ3v) is 5.38. The molecule has 5 rings (SSSR count). The number of anilines is 1. The Balaban J connectivity index is 1.43. The Kier molecular flexibility index (Phi) is 4.55. The van der Waals surface area contributed by atoms with Gasteiger partial charge in [-0.3, -0.25) is 0 Å². The summed E-state index contributed by atoms with van der Waals surface area (Å²) in [7, 11) is 0. The summed E-state index contributed by atoms with van der Waals surface area (Å²) < 4.78 is 10.2. The van der Waals surface area contributed by atoms with E-state index in [0.29, 0.717) is 12.4 Å². The van der Waals surface area contributed by atoms with Gasteiger partial charge < -0.3 is 19.6 Å². The first-order valence-corrected chi connectivity index (χ1v) is 9.96. The van der Waals surface area contributed by atoms with E-state index in [1.165, 1.54) is 0 Å². The molecule has 0 saturated heterocycles. The van der Waals surface area contributed by atoms with Crippen LogP contribution in [0, 0.1) is 0 Å². The van der Waals surface area contributed by atoms with E-state index >= 15 is 0 Å². The molecule has 1 atom stereocenters. The average Bonchev–Trinajstić information content (AvgIpc) is 3.46. The Morgan fingerprint density at radius 3 is 2.67 bits per heavy atom. The van der Waals surface area contributed by atoms with E-state index in [4.69, 9.17) is 10.5 Å². The quantitative estimate of drug-likeness (QED) is 0.459. The van der Waals surface area contributed by atoms with Crippen molar-refractivity contribution >= 4 is 27.8 Å². The molecular formula is C23H22N6O. The molecule has 0 spiro atoms. The lowest BCUT2D eigenvalue weighted by atomic mass is 10.1. The summed E-state index contributed by atoms with van der Waals surface area (Å²) in [5.41, 5.74) is 9.82. The van der Waals surface area contributed by atoms with Gasteiger partial charge in [-0.1, -0.05) is 25.1 Å². The fourth-order valence-corrected chi connectivity index (χ4v) is 3.76. The minimum absolute atomic E-state index is 0.119. The van der Waals surface area contributed by atoms with Crippen LogP contribution in [0.4, 0.5) is 5.82 Å². The zero-order valence-electron chi connectivity index (χ0n) is 16.6. The number of aromatic nitrogens is 5. The Hall–Kier alpha value is -3.87. The van der Waals surface area contributed by atoms with Crippen LogP contribution in [-0.2, 0) is 0 Å². The SMILES string of the molecule is CCC(COc1ccc(-n2ccnc2)cc1)n1cnc2c(N)nc3ccccc3c21. The summed E-state index contributed by atoms with van der Waals surface area (Å²) in [6, 6.07) is 16.1. The fraction of sp³-hybridized carbons (Fsp3) is 0.174. The van der Waals surface area contributed by atoms with E-state index in [2.05, 4.69) is 32.5 Å². The van der Waals surface area contributed by atoms with Gasteiger partial charge in [-0.15, -0.1) is 0 Å². The molecule has 0 saturated carbocycles. The number of ether oxygens (including phenoxy) is 1. The highest BCUT2D eigenvalue weighted by molar-refractivity contribution is 6.06. The van der Waals surface area contributed by atoms with Crippen molar-refractivity contribution in [2.24, 2.45) is 0 Å². The van der Waals surface area contributed by atoms with E-state index in [1.807, 2.05) is 59.6 Å². The van der Waals surface area contributed by atoms with Gasteiger partial charge in [0.05, 0.1) is 29.7 Å². The third-order valence-electron chi connectivity index (χ3n) is 5.38. The van der Waals surface area contributed by atoms with Crippen molar-refractivity contribution in [2.45, 2.75) is 19.4 Å². The molecule has 3 heterocycles. The monoisotopic (exact) mass is 398 g/mol. The van der Waals surface area contributed by atoms with Gasteiger partial charge >= 0.3 is 0 Å². The molecule has 30 heavy (non-hydrogen) atoms. The van der Waals surface area contributed by atoms with Gasteiger partial charge in [0.15, 0.2) is 5.82 Å². The van der Waals surface area contributed by atoms with Gasteiger partial charge in [-0.05, 0) is 36.8 Å². The summed E-state index contributed by atoms with van der Waals surface area (Å²) in [6.45, 7) is 2.68. The number of benzene rings is 2. The predicted octanol–water partition coefficient (Wildman–Crippen LogP) is 4.38. The molecule has 0 fully saturated rings. The molecule has 5 aromatic rings. The van der Waals surface area contributed by atoms with Gasteiger partial charge in [-0.25, -0.2) is 15.0 Å². The lowest BCUT2D eigenvalue weighted by molar-refractivity contribution is 0.248. The maximum Gasteiger partial charge on any atom is 0.152 e. The van der Waals surface area contributed by atoms with Crippen LogP contribution < -0.4 is 10.5 Å². The molecule has 0 aliphatic carbocycles. The van der Waals surface area contributed by atoms with Gasteiger partial charge in [-0.2, -0.15) is 0 Å². The van der Waals surface area contributed by atoms with E-state index in [9.17, 15) is 0 Å². The fourth-order valence-electron chi connectivity index (χ4n) is 3.76. The Labute approximate surface area is 173 Å². The van der Waals surface area contributed by atoms with Crippen LogP contribution in [0.3, 0.4) is 0 Å². The number of hydrogen-bond donors (Lipinski definition) is 1. The van der Waals surface area contributed by atoms with Crippen molar-refractivity contribution < 1.29 is 4.74 Å². The lowest BCUT2D eigenvalue weighted by Crippen LogP contribution is -2.16. The van der Waals surface area contributed by atoms with Crippen molar-refractivity contribution in [1.82, 2.24) is 24.1 Å². The summed E-state index contributed by atoms with van der Waals surface area (Å²) in [5, 5.41) is 1.04. The number of pyridine rings is 1. The number of para-hydroxylation sites is 1. The molecule has 7 heteroatoms. The molecule has 3 aromatic heterocycles. The van der Waals surface area contributed by atoms with Crippen molar-refractivity contribution in [3.05, 3.63) is 73.6 Å². The molecule has 1 unspecified atom stereocenters. The molecular weight excluding hydrogens is 376 g/mol. The second-order valence-corrected chi connectivity index (χ2v) is 7.20. The van der Waals surface area contributed by atoms with Crippen LogP contribution in [0.25, 0.3) is 27.6 Å². The predicted molar refractivity (Wildman–Crippen MR) is 118 cm³/mol. The molecule has 0 aliphatic rings. The number of nitrogens with two attached hydrogens (primary N) is 1. The number of hydrogen-bond acceptors (Lipinski definition) is 5. The summed E-state index contributed by atoms with van der Waals surface area (Å²) in [6.07, 6.45) is 8.19. The maximum absolute atomic E-state index is 6.17. The minimum Gasteiger partial charge on any atom is -0.491 e. The molecule has 0 bridgehead atoms. The topological polar surface area (TPSA) is 83.8 Å². The first kappa shape index (κ1) is 18.2. The average molecular weight is 398 g/mol. The van der Waals surface area contributed by atoms with E-state index in [0.717, 1.165) is 39.8 Å². The van der Waals surface area contributed by atoms with Crippen LogP contribution in [0.15, 0.2) is 73.6 Å². The largest absolute Gasteiger partial charge is 0.491 e. The highest BCUT2D eigenvalue weighted by Gasteiger charge is 2.18. The van der Waals surface area contributed by atoms with Crippen LogP contribution in [0.1, 0.15) is 19.4 Å². The highest BCUT2D eigenvalue weighted by Crippen LogP contribution is 2.30. The first-order chi connectivity index (χ1) is 14.7. The molecule has 0 radical (unpaired) electrons.